The van der Waals surface area contributed by atoms with Crippen molar-refractivity contribution in [2.45, 2.75) is 25.9 Å². The van der Waals surface area contributed by atoms with E-state index in [1.807, 2.05) is 30.3 Å². The van der Waals surface area contributed by atoms with Gasteiger partial charge in [-0.2, -0.15) is 0 Å². The van der Waals surface area contributed by atoms with Crippen LogP contribution in [0.1, 0.15) is 30.4 Å². The van der Waals surface area contributed by atoms with E-state index in [1.54, 1.807) is 24.3 Å². The lowest BCUT2D eigenvalue weighted by Crippen LogP contribution is -2.05. The van der Waals surface area contributed by atoms with Crippen LogP contribution in [0.5, 0.6) is 11.5 Å². The van der Waals surface area contributed by atoms with Gasteiger partial charge in [0, 0.05) is 0 Å². The van der Waals surface area contributed by atoms with Crippen LogP contribution in [-0.4, -0.2) is 11.1 Å². The Morgan fingerprint density at radius 1 is 0.882 bits per heavy atom. The third-order valence-corrected chi connectivity index (χ3v) is 5.84. The number of carboxylic acids is 1. The van der Waals surface area contributed by atoms with E-state index in [0.717, 1.165) is 17.4 Å². The largest absolute Gasteiger partial charge is 0.482 e. The Labute approximate surface area is 199 Å². The molecule has 0 amide bonds. The van der Waals surface area contributed by atoms with E-state index in [-0.39, 0.29) is 18.2 Å². The lowest BCUT2D eigenvalue weighted by Gasteiger charge is -2.08. The standard InChI is InChI=1S/C22H17FO4.C7H10/c23-18-8-12-20(13-9-18)27-19-10-6-16(7-11-19)14-21(22(24)25)26-15-17-4-2-1-3-5-17;1-2-7-4-3-6(1)5-7/h1-14H,15H2,(H,24,25);1-2,6-7H,3-5H2. The molecule has 0 aromatic heterocycles. The zero-order valence-electron chi connectivity index (χ0n) is 18.8. The van der Waals surface area contributed by atoms with E-state index in [4.69, 9.17) is 9.47 Å². The predicted octanol–water partition coefficient (Wildman–Crippen LogP) is 7.23. The van der Waals surface area contributed by atoms with E-state index in [0.29, 0.717) is 17.1 Å². The van der Waals surface area contributed by atoms with Crippen LogP contribution >= 0.6 is 0 Å². The topological polar surface area (TPSA) is 55.8 Å². The van der Waals surface area contributed by atoms with Crippen molar-refractivity contribution in [3.8, 4) is 11.5 Å². The van der Waals surface area contributed by atoms with Crippen LogP contribution in [0.15, 0.2) is 96.8 Å². The van der Waals surface area contributed by atoms with E-state index in [2.05, 4.69) is 12.2 Å². The summed E-state index contributed by atoms with van der Waals surface area (Å²) in [5.41, 5.74) is 1.54. The van der Waals surface area contributed by atoms with Gasteiger partial charge in [0.25, 0.3) is 0 Å². The molecular weight excluding hydrogens is 431 g/mol. The molecule has 5 rings (SSSR count). The van der Waals surface area contributed by atoms with E-state index >= 15 is 0 Å². The van der Waals surface area contributed by atoms with Crippen molar-refractivity contribution in [2.75, 3.05) is 0 Å². The monoisotopic (exact) mass is 458 g/mol. The Morgan fingerprint density at radius 3 is 1.97 bits per heavy atom. The number of ether oxygens (including phenoxy) is 2. The summed E-state index contributed by atoms with van der Waals surface area (Å²) in [5.74, 6) is 1.43. The maximum absolute atomic E-state index is 12.9. The molecule has 2 unspecified atom stereocenters. The summed E-state index contributed by atoms with van der Waals surface area (Å²) in [4.78, 5) is 11.4. The average Bonchev–Trinajstić information content (AvgIpc) is 3.52. The number of halogens is 1. The molecule has 2 aliphatic rings. The van der Waals surface area contributed by atoms with Gasteiger partial charge in [0.1, 0.15) is 23.9 Å². The summed E-state index contributed by atoms with van der Waals surface area (Å²) < 4.78 is 24.0. The van der Waals surface area contributed by atoms with Gasteiger partial charge in [-0.25, -0.2) is 9.18 Å². The molecular formula is C29H27FO4. The van der Waals surface area contributed by atoms with Crippen LogP contribution < -0.4 is 4.74 Å². The molecule has 0 spiro atoms. The van der Waals surface area contributed by atoms with Crippen molar-refractivity contribution >= 4 is 12.0 Å². The number of aliphatic carboxylic acids is 1. The van der Waals surface area contributed by atoms with Gasteiger partial charge in [-0.3, -0.25) is 0 Å². The Hall–Kier alpha value is -3.86. The van der Waals surface area contributed by atoms with Crippen LogP contribution in [0.25, 0.3) is 6.08 Å². The predicted molar refractivity (Wildman–Crippen MR) is 130 cm³/mol. The molecule has 1 saturated carbocycles. The molecule has 34 heavy (non-hydrogen) atoms. The highest BCUT2D eigenvalue weighted by Gasteiger charge is 2.25. The van der Waals surface area contributed by atoms with Crippen LogP contribution in [0.4, 0.5) is 4.39 Å². The number of allylic oxidation sites excluding steroid dienone is 2. The minimum Gasteiger partial charge on any atom is -0.482 e. The molecule has 174 valence electrons. The maximum atomic E-state index is 12.9. The van der Waals surface area contributed by atoms with Crippen molar-refractivity contribution < 1.29 is 23.8 Å². The number of carbonyl (C=O) groups is 1. The Morgan fingerprint density at radius 2 is 1.47 bits per heavy atom. The summed E-state index contributed by atoms with van der Waals surface area (Å²) in [7, 11) is 0. The molecule has 2 atom stereocenters. The minimum absolute atomic E-state index is 0.147. The molecule has 2 aliphatic carbocycles. The first-order chi connectivity index (χ1) is 16.5. The Bertz CT molecular complexity index is 1120. The molecule has 0 saturated heterocycles. The number of carboxylic acid groups (broad SMARTS) is 1. The maximum Gasteiger partial charge on any atom is 0.371 e. The fourth-order valence-electron chi connectivity index (χ4n) is 4.04. The highest BCUT2D eigenvalue weighted by Crippen LogP contribution is 2.38. The van der Waals surface area contributed by atoms with Gasteiger partial charge in [-0.05, 0) is 84.7 Å². The quantitative estimate of drug-likeness (QED) is 0.230. The molecule has 4 nitrogen and oxygen atoms in total. The molecule has 0 aliphatic heterocycles. The fraction of sp³-hybridized carbons (Fsp3) is 0.207. The third kappa shape index (κ3) is 6.82. The lowest BCUT2D eigenvalue weighted by molar-refractivity contribution is -0.136. The second-order valence-corrected chi connectivity index (χ2v) is 8.43. The normalized spacial score (nSPS) is 18.2. The molecule has 2 bridgehead atoms. The number of hydrogen-bond donors (Lipinski definition) is 1. The second-order valence-electron chi connectivity index (χ2n) is 8.43. The molecule has 3 aromatic rings. The second kappa shape index (κ2) is 11.3. The number of benzene rings is 3. The summed E-state index contributed by atoms with van der Waals surface area (Å²) in [6.45, 7) is 0.171. The number of hydrogen-bond acceptors (Lipinski definition) is 3. The molecule has 0 heterocycles. The van der Waals surface area contributed by atoms with Crippen LogP contribution in [-0.2, 0) is 16.1 Å². The SMILES string of the molecule is C1=CC2CCC1C2.O=C(O)C(=Cc1ccc(Oc2ccc(F)cc2)cc1)OCc1ccccc1. The highest BCUT2D eigenvalue weighted by molar-refractivity contribution is 5.89. The first kappa shape index (κ1) is 23.3. The van der Waals surface area contributed by atoms with Gasteiger partial charge in [0.2, 0.25) is 5.76 Å². The van der Waals surface area contributed by atoms with E-state index < -0.39 is 5.97 Å². The molecule has 3 aromatic carbocycles. The Kier molecular flexibility index (Phi) is 7.76. The van der Waals surface area contributed by atoms with Gasteiger partial charge >= 0.3 is 5.97 Å². The van der Waals surface area contributed by atoms with Gasteiger partial charge < -0.3 is 14.6 Å². The first-order valence-corrected chi connectivity index (χ1v) is 11.4. The third-order valence-electron chi connectivity index (χ3n) is 5.84. The average molecular weight is 459 g/mol. The molecule has 1 fully saturated rings. The van der Waals surface area contributed by atoms with Crippen LogP contribution in [0, 0.1) is 17.7 Å². The Balaban J connectivity index is 0.000000328. The number of rotatable bonds is 7. The van der Waals surface area contributed by atoms with Gasteiger partial charge in [0.15, 0.2) is 0 Å². The molecule has 1 N–H and O–H groups in total. The lowest BCUT2D eigenvalue weighted by atomic mass is 10.1. The molecule has 0 radical (unpaired) electrons. The van der Waals surface area contributed by atoms with E-state index in [1.165, 1.54) is 49.6 Å². The van der Waals surface area contributed by atoms with Crippen LogP contribution in [0.3, 0.4) is 0 Å². The summed E-state index contributed by atoms with van der Waals surface area (Å²) in [6.07, 6.45) is 10.6. The van der Waals surface area contributed by atoms with Crippen molar-refractivity contribution in [1.82, 2.24) is 0 Å². The van der Waals surface area contributed by atoms with Gasteiger partial charge in [-0.1, -0.05) is 54.6 Å². The summed E-state index contributed by atoms with van der Waals surface area (Å²) in [5, 5.41) is 9.34. The van der Waals surface area contributed by atoms with E-state index in [9.17, 15) is 14.3 Å². The van der Waals surface area contributed by atoms with Crippen molar-refractivity contribution in [3.63, 3.8) is 0 Å². The van der Waals surface area contributed by atoms with Crippen molar-refractivity contribution in [2.24, 2.45) is 11.8 Å². The zero-order chi connectivity index (χ0) is 23.8. The first-order valence-electron chi connectivity index (χ1n) is 11.4. The fourth-order valence-corrected chi connectivity index (χ4v) is 4.04. The summed E-state index contributed by atoms with van der Waals surface area (Å²) in [6, 6.07) is 21.9. The molecule has 5 heteroatoms. The van der Waals surface area contributed by atoms with Crippen molar-refractivity contribution in [1.29, 1.82) is 0 Å². The highest BCUT2D eigenvalue weighted by atomic mass is 19.1. The number of fused-ring (bicyclic) bond motifs is 2. The smallest absolute Gasteiger partial charge is 0.371 e. The van der Waals surface area contributed by atoms with Crippen molar-refractivity contribution in [3.05, 3.63) is 114 Å². The van der Waals surface area contributed by atoms with Crippen LogP contribution in [0.2, 0.25) is 0 Å². The zero-order valence-corrected chi connectivity index (χ0v) is 18.8. The summed E-state index contributed by atoms with van der Waals surface area (Å²) >= 11 is 0. The van der Waals surface area contributed by atoms with Gasteiger partial charge in [0.05, 0.1) is 0 Å². The minimum atomic E-state index is -1.14. The van der Waals surface area contributed by atoms with Gasteiger partial charge in [-0.15, -0.1) is 0 Å².